The molecule has 1 aromatic carbocycles. The summed E-state index contributed by atoms with van der Waals surface area (Å²) >= 11 is 0. The maximum Gasteiger partial charge on any atom is 0.148 e. The van der Waals surface area contributed by atoms with Crippen molar-refractivity contribution in [2.75, 3.05) is 36.8 Å². The molecule has 0 unspecified atom stereocenters. The van der Waals surface area contributed by atoms with Crippen LogP contribution in [0.15, 0.2) is 18.2 Å². The number of nitrogens with two attached hydrogens (primary N) is 1. The highest BCUT2D eigenvalue weighted by Crippen LogP contribution is 2.26. The molecule has 0 bridgehead atoms. The predicted molar refractivity (Wildman–Crippen MR) is 69.7 cm³/mol. The van der Waals surface area contributed by atoms with E-state index in [0.717, 1.165) is 31.9 Å². The first-order valence-electron chi connectivity index (χ1n) is 6.12. The molecule has 1 aliphatic rings. The Morgan fingerprint density at radius 3 is 2.41 bits per heavy atom. The Labute approximate surface area is 102 Å². The van der Waals surface area contributed by atoms with Crippen LogP contribution >= 0.6 is 0 Å². The van der Waals surface area contributed by atoms with Gasteiger partial charge in [-0.1, -0.05) is 6.07 Å². The zero-order chi connectivity index (χ0) is 12.4. The Morgan fingerprint density at radius 2 is 1.82 bits per heavy atom. The van der Waals surface area contributed by atoms with Crippen LogP contribution in [0.25, 0.3) is 0 Å². The Hall–Kier alpha value is -1.29. The molecule has 2 rings (SSSR count). The van der Waals surface area contributed by atoms with Gasteiger partial charge in [0.2, 0.25) is 0 Å². The SMILES string of the molecule is CC(C)N1CCN(c2cccc(F)c2N)CC1. The summed E-state index contributed by atoms with van der Waals surface area (Å²) in [5.41, 5.74) is 6.87. The second-order valence-corrected chi connectivity index (χ2v) is 4.79. The molecule has 0 radical (unpaired) electrons. The molecule has 0 atom stereocenters. The summed E-state index contributed by atoms with van der Waals surface area (Å²) in [6.07, 6.45) is 0. The quantitative estimate of drug-likeness (QED) is 0.798. The van der Waals surface area contributed by atoms with Crippen LogP contribution in [0.2, 0.25) is 0 Å². The van der Waals surface area contributed by atoms with Gasteiger partial charge < -0.3 is 10.6 Å². The van der Waals surface area contributed by atoms with Crippen molar-refractivity contribution in [3.8, 4) is 0 Å². The molecule has 0 aromatic heterocycles. The van der Waals surface area contributed by atoms with Gasteiger partial charge in [-0.2, -0.15) is 0 Å². The third-order valence-corrected chi connectivity index (χ3v) is 3.42. The fourth-order valence-corrected chi connectivity index (χ4v) is 2.28. The largest absolute Gasteiger partial charge is 0.395 e. The lowest BCUT2D eigenvalue weighted by Gasteiger charge is -2.38. The molecule has 0 amide bonds. The lowest BCUT2D eigenvalue weighted by atomic mass is 10.2. The molecule has 0 aliphatic carbocycles. The second-order valence-electron chi connectivity index (χ2n) is 4.79. The molecule has 3 nitrogen and oxygen atoms in total. The first-order valence-corrected chi connectivity index (χ1v) is 6.12. The molecule has 0 spiro atoms. The predicted octanol–water partition coefficient (Wildman–Crippen LogP) is 1.94. The highest BCUT2D eigenvalue weighted by molar-refractivity contribution is 5.68. The molecule has 94 valence electrons. The first-order chi connectivity index (χ1) is 8.09. The zero-order valence-electron chi connectivity index (χ0n) is 10.5. The van der Waals surface area contributed by atoms with E-state index < -0.39 is 0 Å². The lowest BCUT2D eigenvalue weighted by Crippen LogP contribution is -2.49. The van der Waals surface area contributed by atoms with E-state index in [0.29, 0.717) is 6.04 Å². The summed E-state index contributed by atoms with van der Waals surface area (Å²) in [5, 5.41) is 0. The molecular weight excluding hydrogens is 217 g/mol. The summed E-state index contributed by atoms with van der Waals surface area (Å²) in [6.45, 7) is 8.23. The Morgan fingerprint density at radius 1 is 1.18 bits per heavy atom. The number of halogens is 1. The second kappa shape index (κ2) is 4.92. The molecular formula is C13H20FN3. The number of anilines is 2. The molecule has 1 saturated heterocycles. The maximum absolute atomic E-state index is 13.4. The van der Waals surface area contributed by atoms with Crippen molar-refractivity contribution in [2.45, 2.75) is 19.9 Å². The van der Waals surface area contributed by atoms with Gasteiger partial charge in [0, 0.05) is 32.2 Å². The van der Waals surface area contributed by atoms with Crippen molar-refractivity contribution in [2.24, 2.45) is 0 Å². The molecule has 1 heterocycles. The normalized spacial score (nSPS) is 17.8. The van der Waals surface area contributed by atoms with E-state index in [1.54, 1.807) is 6.07 Å². The lowest BCUT2D eigenvalue weighted by molar-refractivity contribution is 0.209. The highest BCUT2D eigenvalue weighted by atomic mass is 19.1. The average molecular weight is 237 g/mol. The van der Waals surface area contributed by atoms with E-state index in [9.17, 15) is 4.39 Å². The van der Waals surface area contributed by atoms with Crippen molar-refractivity contribution < 1.29 is 4.39 Å². The van der Waals surface area contributed by atoms with Crippen molar-refractivity contribution in [1.82, 2.24) is 4.90 Å². The zero-order valence-corrected chi connectivity index (χ0v) is 10.5. The smallest absolute Gasteiger partial charge is 0.148 e. The minimum Gasteiger partial charge on any atom is -0.395 e. The summed E-state index contributed by atoms with van der Waals surface area (Å²) in [7, 11) is 0. The summed E-state index contributed by atoms with van der Waals surface area (Å²) in [6, 6.07) is 5.59. The number of hydrogen-bond donors (Lipinski definition) is 1. The van der Waals surface area contributed by atoms with Crippen LogP contribution in [0.5, 0.6) is 0 Å². The van der Waals surface area contributed by atoms with Gasteiger partial charge >= 0.3 is 0 Å². The Bertz CT molecular complexity index is 384. The molecule has 1 fully saturated rings. The number of nitrogens with zero attached hydrogens (tertiary/aromatic N) is 2. The minimum atomic E-state index is -0.325. The van der Waals surface area contributed by atoms with Crippen LogP contribution in [0.1, 0.15) is 13.8 Å². The van der Waals surface area contributed by atoms with E-state index in [2.05, 4.69) is 23.6 Å². The fourth-order valence-electron chi connectivity index (χ4n) is 2.28. The Balaban J connectivity index is 2.08. The van der Waals surface area contributed by atoms with E-state index in [1.165, 1.54) is 6.07 Å². The molecule has 1 aliphatic heterocycles. The number of rotatable bonds is 2. The van der Waals surface area contributed by atoms with Crippen LogP contribution in [0, 0.1) is 5.82 Å². The van der Waals surface area contributed by atoms with Crippen molar-refractivity contribution >= 4 is 11.4 Å². The number of hydrogen-bond acceptors (Lipinski definition) is 3. The highest BCUT2D eigenvalue weighted by Gasteiger charge is 2.20. The van der Waals surface area contributed by atoms with Crippen LogP contribution < -0.4 is 10.6 Å². The summed E-state index contributed by atoms with van der Waals surface area (Å²) in [4.78, 5) is 4.59. The number of piperazine rings is 1. The number of benzene rings is 1. The molecule has 2 N–H and O–H groups in total. The maximum atomic E-state index is 13.4. The molecule has 4 heteroatoms. The molecule has 0 saturated carbocycles. The minimum absolute atomic E-state index is 0.269. The third kappa shape index (κ3) is 2.52. The Kier molecular flexibility index (Phi) is 3.52. The summed E-state index contributed by atoms with van der Waals surface area (Å²) in [5.74, 6) is -0.325. The average Bonchev–Trinajstić information content (AvgIpc) is 2.33. The van der Waals surface area contributed by atoms with Gasteiger partial charge in [0.25, 0.3) is 0 Å². The van der Waals surface area contributed by atoms with Gasteiger partial charge in [0.1, 0.15) is 5.82 Å². The van der Waals surface area contributed by atoms with Crippen molar-refractivity contribution in [1.29, 1.82) is 0 Å². The van der Waals surface area contributed by atoms with Gasteiger partial charge in [0.15, 0.2) is 0 Å². The van der Waals surface area contributed by atoms with Crippen LogP contribution in [-0.4, -0.2) is 37.1 Å². The monoisotopic (exact) mass is 237 g/mol. The first kappa shape index (κ1) is 12.2. The van der Waals surface area contributed by atoms with Crippen LogP contribution in [-0.2, 0) is 0 Å². The number of nitrogen functional groups attached to an aromatic ring is 1. The van der Waals surface area contributed by atoms with Gasteiger partial charge in [-0.25, -0.2) is 4.39 Å². The molecule has 17 heavy (non-hydrogen) atoms. The van der Waals surface area contributed by atoms with Gasteiger partial charge in [0.05, 0.1) is 11.4 Å². The van der Waals surface area contributed by atoms with E-state index in [-0.39, 0.29) is 11.5 Å². The number of para-hydroxylation sites is 1. The third-order valence-electron chi connectivity index (χ3n) is 3.42. The fraction of sp³-hybridized carbons (Fsp3) is 0.538. The van der Waals surface area contributed by atoms with Crippen molar-refractivity contribution in [3.05, 3.63) is 24.0 Å². The van der Waals surface area contributed by atoms with Crippen LogP contribution in [0.4, 0.5) is 15.8 Å². The van der Waals surface area contributed by atoms with Crippen molar-refractivity contribution in [3.63, 3.8) is 0 Å². The molecule has 1 aromatic rings. The van der Waals surface area contributed by atoms with E-state index >= 15 is 0 Å². The van der Waals surface area contributed by atoms with Gasteiger partial charge in [-0.15, -0.1) is 0 Å². The topological polar surface area (TPSA) is 32.5 Å². The van der Waals surface area contributed by atoms with Crippen LogP contribution in [0.3, 0.4) is 0 Å². The standard InChI is InChI=1S/C13H20FN3/c1-10(2)16-6-8-17(9-7-16)12-5-3-4-11(14)13(12)15/h3-5,10H,6-9,15H2,1-2H3. The van der Waals surface area contributed by atoms with E-state index in [4.69, 9.17) is 5.73 Å². The summed E-state index contributed by atoms with van der Waals surface area (Å²) < 4.78 is 13.4. The van der Waals surface area contributed by atoms with Gasteiger partial charge in [-0.3, -0.25) is 4.90 Å². The van der Waals surface area contributed by atoms with Gasteiger partial charge in [-0.05, 0) is 26.0 Å². The van der Waals surface area contributed by atoms with E-state index in [1.807, 2.05) is 6.07 Å².